The number of hydrogen-bond donors (Lipinski definition) is 2. The lowest BCUT2D eigenvalue weighted by Gasteiger charge is -2.16. The van der Waals surface area contributed by atoms with Crippen molar-refractivity contribution in [3.63, 3.8) is 0 Å². The first kappa shape index (κ1) is 14.5. The zero-order valence-corrected chi connectivity index (χ0v) is 11.1. The smallest absolute Gasteiger partial charge is 0.344 e. The van der Waals surface area contributed by atoms with Crippen LogP contribution in [0.15, 0.2) is 24.3 Å². The molecule has 0 spiro atoms. The van der Waals surface area contributed by atoms with Crippen LogP contribution in [0.25, 0.3) is 0 Å². The highest BCUT2D eigenvalue weighted by Crippen LogP contribution is 2.20. The highest BCUT2D eigenvalue weighted by Gasteiger charge is 2.18. The molecule has 100 valence electrons. The molecule has 0 saturated carbocycles. The second-order valence-corrected chi connectivity index (χ2v) is 4.32. The number of carboxylic acid groups (broad SMARTS) is 1. The Morgan fingerprint density at radius 3 is 2.78 bits per heavy atom. The Balaban J connectivity index is 2.80. The van der Waals surface area contributed by atoms with E-state index in [4.69, 9.17) is 9.84 Å². The minimum absolute atomic E-state index is 0.211. The molecule has 0 aliphatic rings. The van der Waals surface area contributed by atoms with Gasteiger partial charge in [0.2, 0.25) is 0 Å². The largest absolute Gasteiger partial charge is 0.479 e. The molecule has 2 atom stereocenters. The van der Waals surface area contributed by atoms with Crippen LogP contribution in [0.4, 0.5) is 0 Å². The standard InChI is InChI=1S/C14H21NO3/c1-4-6-13(14(16)17)18-12-8-5-7-11(9-12)10(2)15-3/h5,7-10,13,15H,4,6H2,1-3H3,(H,16,17). The molecule has 2 N–H and O–H groups in total. The van der Waals surface area contributed by atoms with Gasteiger partial charge in [-0.3, -0.25) is 0 Å². The number of carbonyl (C=O) groups is 1. The van der Waals surface area contributed by atoms with Crippen LogP contribution in [-0.2, 0) is 4.79 Å². The lowest BCUT2D eigenvalue weighted by atomic mass is 10.1. The molecule has 0 saturated heterocycles. The fourth-order valence-corrected chi connectivity index (χ4v) is 1.68. The van der Waals surface area contributed by atoms with Gasteiger partial charge in [0.25, 0.3) is 0 Å². The van der Waals surface area contributed by atoms with E-state index < -0.39 is 12.1 Å². The third-order valence-electron chi connectivity index (χ3n) is 2.90. The van der Waals surface area contributed by atoms with Crippen molar-refractivity contribution in [2.75, 3.05) is 7.05 Å². The normalized spacial score (nSPS) is 13.9. The molecule has 0 amide bonds. The Morgan fingerprint density at radius 1 is 1.50 bits per heavy atom. The van der Waals surface area contributed by atoms with Crippen LogP contribution in [0.2, 0.25) is 0 Å². The Kier molecular flexibility index (Phi) is 5.65. The SMILES string of the molecule is CCCC(Oc1cccc(C(C)NC)c1)C(=O)O. The molecule has 0 aromatic heterocycles. The topological polar surface area (TPSA) is 58.6 Å². The van der Waals surface area contributed by atoms with Crippen molar-refractivity contribution in [1.82, 2.24) is 5.32 Å². The van der Waals surface area contributed by atoms with E-state index in [1.807, 2.05) is 39.1 Å². The molecule has 0 aliphatic heterocycles. The van der Waals surface area contributed by atoms with Gasteiger partial charge >= 0.3 is 5.97 Å². The fraction of sp³-hybridized carbons (Fsp3) is 0.500. The third kappa shape index (κ3) is 4.04. The first-order valence-electron chi connectivity index (χ1n) is 6.25. The van der Waals surface area contributed by atoms with E-state index in [1.165, 1.54) is 0 Å². The van der Waals surface area contributed by atoms with Crippen LogP contribution in [0.1, 0.15) is 38.3 Å². The van der Waals surface area contributed by atoms with Gasteiger partial charge < -0.3 is 15.2 Å². The van der Waals surface area contributed by atoms with Gasteiger partial charge in [0.1, 0.15) is 5.75 Å². The molecular formula is C14H21NO3. The van der Waals surface area contributed by atoms with Crippen molar-refractivity contribution in [3.8, 4) is 5.75 Å². The summed E-state index contributed by atoms with van der Waals surface area (Å²) in [6.45, 7) is 3.98. The van der Waals surface area contributed by atoms with Gasteiger partial charge in [-0.2, -0.15) is 0 Å². The maximum atomic E-state index is 11.0. The van der Waals surface area contributed by atoms with Crippen LogP contribution < -0.4 is 10.1 Å². The number of hydrogen-bond acceptors (Lipinski definition) is 3. The van der Waals surface area contributed by atoms with Gasteiger partial charge in [-0.15, -0.1) is 0 Å². The summed E-state index contributed by atoms with van der Waals surface area (Å²) in [4.78, 5) is 11.0. The quantitative estimate of drug-likeness (QED) is 0.782. The summed E-state index contributed by atoms with van der Waals surface area (Å²) in [7, 11) is 1.88. The second-order valence-electron chi connectivity index (χ2n) is 4.32. The first-order chi connectivity index (χ1) is 8.58. The van der Waals surface area contributed by atoms with Crippen LogP contribution in [-0.4, -0.2) is 24.2 Å². The summed E-state index contributed by atoms with van der Waals surface area (Å²) in [5, 5.41) is 12.2. The minimum Gasteiger partial charge on any atom is -0.479 e. The van der Waals surface area contributed by atoms with Gasteiger partial charge in [-0.05, 0) is 38.1 Å². The second kappa shape index (κ2) is 7.01. The highest BCUT2D eigenvalue weighted by atomic mass is 16.5. The lowest BCUT2D eigenvalue weighted by molar-refractivity contribution is -0.145. The van der Waals surface area contributed by atoms with Crippen LogP contribution in [0, 0.1) is 0 Å². The van der Waals surface area contributed by atoms with Crippen molar-refractivity contribution in [1.29, 1.82) is 0 Å². The van der Waals surface area contributed by atoms with Crippen LogP contribution in [0.3, 0.4) is 0 Å². The van der Waals surface area contributed by atoms with E-state index in [0.29, 0.717) is 12.2 Å². The first-order valence-corrected chi connectivity index (χ1v) is 6.25. The molecule has 0 heterocycles. The van der Waals surface area contributed by atoms with Gasteiger partial charge in [-0.1, -0.05) is 25.5 Å². The van der Waals surface area contributed by atoms with Gasteiger partial charge in [-0.25, -0.2) is 4.79 Å². The summed E-state index contributed by atoms with van der Waals surface area (Å²) in [5.41, 5.74) is 1.08. The van der Waals surface area contributed by atoms with E-state index in [0.717, 1.165) is 12.0 Å². The molecule has 1 rings (SSSR count). The molecule has 0 radical (unpaired) electrons. The maximum absolute atomic E-state index is 11.0. The Hall–Kier alpha value is -1.55. The molecule has 1 aromatic rings. The van der Waals surface area contributed by atoms with E-state index in [9.17, 15) is 4.79 Å². The van der Waals surface area contributed by atoms with Crippen molar-refractivity contribution in [2.45, 2.75) is 38.8 Å². The maximum Gasteiger partial charge on any atom is 0.344 e. The van der Waals surface area contributed by atoms with E-state index in [1.54, 1.807) is 6.07 Å². The van der Waals surface area contributed by atoms with Crippen molar-refractivity contribution < 1.29 is 14.6 Å². The molecule has 0 bridgehead atoms. The average Bonchev–Trinajstić information content (AvgIpc) is 2.37. The van der Waals surface area contributed by atoms with E-state index >= 15 is 0 Å². The zero-order chi connectivity index (χ0) is 13.5. The minimum atomic E-state index is -0.913. The lowest BCUT2D eigenvalue weighted by Crippen LogP contribution is -2.26. The Morgan fingerprint density at radius 2 is 2.22 bits per heavy atom. The summed E-state index contributed by atoms with van der Waals surface area (Å²) in [6.07, 6.45) is 0.528. The Bertz CT molecular complexity index is 392. The number of rotatable bonds is 7. The number of nitrogens with one attached hydrogen (secondary N) is 1. The monoisotopic (exact) mass is 251 g/mol. The fourth-order valence-electron chi connectivity index (χ4n) is 1.68. The van der Waals surface area contributed by atoms with Crippen LogP contribution >= 0.6 is 0 Å². The van der Waals surface area contributed by atoms with Gasteiger partial charge in [0.15, 0.2) is 6.10 Å². The highest BCUT2D eigenvalue weighted by molar-refractivity contribution is 5.72. The predicted molar refractivity (Wildman–Crippen MR) is 70.9 cm³/mol. The molecule has 4 heteroatoms. The van der Waals surface area contributed by atoms with Gasteiger partial charge in [0, 0.05) is 6.04 Å². The number of ether oxygens (including phenoxy) is 1. The molecule has 4 nitrogen and oxygen atoms in total. The third-order valence-corrected chi connectivity index (χ3v) is 2.90. The summed E-state index contributed by atoms with van der Waals surface area (Å²) >= 11 is 0. The van der Waals surface area contributed by atoms with Crippen molar-refractivity contribution in [3.05, 3.63) is 29.8 Å². The summed E-state index contributed by atoms with van der Waals surface area (Å²) < 4.78 is 5.52. The molecule has 0 fully saturated rings. The summed E-state index contributed by atoms with van der Waals surface area (Å²) in [5.74, 6) is -0.306. The number of carboxylic acids is 1. The summed E-state index contributed by atoms with van der Waals surface area (Å²) in [6, 6.07) is 7.75. The van der Waals surface area contributed by atoms with Crippen molar-refractivity contribution >= 4 is 5.97 Å². The zero-order valence-electron chi connectivity index (χ0n) is 11.1. The average molecular weight is 251 g/mol. The molecule has 2 unspecified atom stereocenters. The van der Waals surface area contributed by atoms with Crippen molar-refractivity contribution in [2.24, 2.45) is 0 Å². The number of benzene rings is 1. The molecular weight excluding hydrogens is 230 g/mol. The Labute approximate surface area is 108 Å². The molecule has 0 aliphatic carbocycles. The molecule has 18 heavy (non-hydrogen) atoms. The predicted octanol–water partition coefficient (Wildman–Crippen LogP) is 2.60. The molecule has 1 aromatic carbocycles. The van der Waals surface area contributed by atoms with Gasteiger partial charge in [0.05, 0.1) is 0 Å². The number of aliphatic carboxylic acids is 1. The van der Waals surface area contributed by atoms with Crippen LogP contribution in [0.5, 0.6) is 5.75 Å². The van der Waals surface area contributed by atoms with E-state index in [-0.39, 0.29) is 6.04 Å². The van der Waals surface area contributed by atoms with E-state index in [2.05, 4.69) is 5.32 Å².